The van der Waals surface area contributed by atoms with Gasteiger partial charge in [0, 0.05) is 68.5 Å². The minimum atomic E-state index is -0.327. The molecule has 2 aliphatic heterocycles. The second-order valence-corrected chi connectivity index (χ2v) is 11.0. The van der Waals surface area contributed by atoms with Gasteiger partial charge in [0.25, 0.3) is 11.8 Å². The van der Waals surface area contributed by atoms with E-state index >= 15 is 0 Å². The molecule has 0 unspecified atom stereocenters. The fourth-order valence-electron chi connectivity index (χ4n) is 5.30. The molecule has 1 atom stereocenters. The molecule has 10 nitrogen and oxygen atoms in total. The number of amides is 2. The van der Waals surface area contributed by atoms with E-state index in [0.717, 1.165) is 69.0 Å². The molecule has 2 saturated heterocycles. The van der Waals surface area contributed by atoms with Crippen LogP contribution in [-0.4, -0.2) is 65.1 Å². The largest absolute Gasteiger partial charge is 0.460 e. The molecule has 11 heteroatoms. The van der Waals surface area contributed by atoms with Crippen LogP contribution in [0.25, 0.3) is 0 Å². The average molecular weight is 564 g/mol. The highest BCUT2D eigenvalue weighted by Crippen LogP contribution is 2.31. The fourth-order valence-corrected chi connectivity index (χ4v) is 6.16. The number of rotatable bonds is 10. The van der Waals surface area contributed by atoms with Gasteiger partial charge in [-0.05, 0) is 49.9 Å². The molecule has 2 amide bonds. The first kappa shape index (κ1) is 27.8. The van der Waals surface area contributed by atoms with Crippen LogP contribution in [0.15, 0.2) is 42.0 Å². The summed E-state index contributed by atoms with van der Waals surface area (Å²) in [6, 6.07) is 8.39. The van der Waals surface area contributed by atoms with Gasteiger partial charge < -0.3 is 25.2 Å². The van der Waals surface area contributed by atoms with Gasteiger partial charge in [-0.3, -0.25) is 9.59 Å². The van der Waals surface area contributed by atoms with Gasteiger partial charge in [-0.2, -0.15) is 0 Å². The minimum Gasteiger partial charge on any atom is -0.460 e. The molecule has 5 rings (SSSR count). The Bertz CT molecular complexity index is 1290. The number of thiazole rings is 1. The molecule has 0 radical (unpaired) electrons. The molecule has 1 aromatic carbocycles. The number of ether oxygens (including phenoxy) is 1. The van der Waals surface area contributed by atoms with E-state index in [4.69, 9.17) is 4.74 Å². The maximum Gasteiger partial charge on any atom is 0.316 e. The normalized spacial score (nSPS) is 17.6. The molecule has 40 heavy (non-hydrogen) atoms. The average Bonchev–Trinajstić information content (AvgIpc) is 3.68. The quantitative estimate of drug-likeness (QED) is 0.363. The Morgan fingerprint density at radius 2 is 1.88 bits per heavy atom. The van der Waals surface area contributed by atoms with E-state index in [2.05, 4.69) is 42.3 Å². The van der Waals surface area contributed by atoms with E-state index in [1.807, 2.05) is 25.1 Å². The molecule has 2 fully saturated rings. The molecule has 0 aliphatic carbocycles. The van der Waals surface area contributed by atoms with Crippen molar-refractivity contribution in [2.75, 3.05) is 41.3 Å². The number of anilines is 3. The third kappa shape index (κ3) is 6.52. The molecule has 212 valence electrons. The van der Waals surface area contributed by atoms with E-state index in [9.17, 15) is 9.59 Å². The Labute approximate surface area is 239 Å². The lowest BCUT2D eigenvalue weighted by atomic mass is 10.1. The molecule has 0 saturated carbocycles. The van der Waals surface area contributed by atoms with Crippen molar-refractivity contribution in [2.45, 2.75) is 64.5 Å². The second kappa shape index (κ2) is 13.1. The van der Waals surface area contributed by atoms with Crippen molar-refractivity contribution in [3.63, 3.8) is 0 Å². The summed E-state index contributed by atoms with van der Waals surface area (Å²) in [6.45, 7) is 7.31. The molecule has 2 N–H and O–H groups in total. The number of hydrogen-bond acceptors (Lipinski definition) is 9. The Morgan fingerprint density at radius 3 is 2.62 bits per heavy atom. The summed E-state index contributed by atoms with van der Waals surface area (Å²) in [5.41, 5.74) is 2.32. The van der Waals surface area contributed by atoms with Crippen molar-refractivity contribution >= 4 is 39.7 Å². The van der Waals surface area contributed by atoms with Crippen LogP contribution in [0.1, 0.15) is 73.2 Å². The molecule has 2 aromatic heterocycles. The summed E-state index contributed by atoms with van der Waals surface area (Å²) in [5.74, 6) is -0.511. The number of carbonyl (C=O) groups is 2. The number of nitrogens with zero attached hydrogens (tertiary/aromatic N) is 5. The summed E-state index contributed by atoms with van der Waals surface area (Å²) in [7, 11) is 0. The topological polar surface area (TPSA) is 113 Å². The lowest BCUT2D eigenvalue weighted by Gasteiger charge is -2.31. The van der Waals surface area contributed by atoms with Crippen molar-refractivity contribution in [2.24, 2.45) is 0 Å². The number of aromatic nitrogens is 3. The first-order chi connectivity index (χ1) is 19.6. The van der Waals surface area contributed by atoms with Crippen molar-refractivity contribution in [1.82, 2.24) is 20.3 Å². The predicted octanol–water partition coefficient (Wildman–Crippen LogP) is 4.75. The Balaban J connectivity index is 1.25. The monoisotopic (exact) mass is 563 g/mol. The summed E-state index contributed by atoms with van der Waals surface area (Å²) >= 11 is 1.45. The summed E-state index contributed by atoms with van der Waals surface area (Å²) in [5, 5.41) is 8.49. The van der Waals surface area contributed by atoms with Crippen LogP contribution in [0.5, 0.6) is 6.01 Å². The number of nitrogens with one attached hydrogen (secondary N) is 2. The van der Waals surface area contributed by atoms with E-state index in [1.54, 1.807) is 23.8 Å². The van der Waals surface area contributed by atoms with Crippen molar-refractivity contribution < 1.29 is 14.3 Å². The zero-order valence-corrected chi connectivity index (χ0v) is 24.0. The van der Waals surface area contributed by atoms with Crippen molar-refractivity contribution in [3.8, 4) is 6.01 Å². The van der Waals surface area contributed by atoms with Crippen LogP contribution in [0.4, 0.5) is 16.5 Å². The molecular formula is C29H37N7O3S. The van der Waals surface area contributed by atoms with Gasteiger partial charge in [-0.25, -0.2) is 15.0 Å². The summed E-state index contributed by atoms with van der Waals surface area (Å²) < 4.78 is 5.89. The van der Waals surface area contributed by atoms with Crippen LogP contribution < -0.4 is 25.2 Å². The molecule has 4 heterocycles. The summed E-state index contributed by atoms with van der Waals surface area (Å²) in [6.07, 6.45) is 9.23. The Hall–Kier alpha value is -3.73. The first-order valence-electron chi connectivity index (χ1n) is 14.2. The first-order valence-corrected chi connectivity index (χ1v) is 15.1. The third-order valence-corrected chi connectivity index (χ3v) is 8.36. The SMILES string of the molecule is CCCNC(=O)c1cc(N2CCC[C@@H]2CC)ccc1NC(=O)c1csc(N2CCC(Oc3ncccn3)CC2)n1. The van der Waals surface area contributed by atoms with E-state index in [0.29, 0.717) is 35.5 Å². The zero-order valence-electron chi connectivity index (χ0n) is 23.1. The fraction of sp³-hybridized carbons (Fsp3) is 0.483. The van der Waals surface area contributed by atoms with Crippen LogP contribution in [0.2, 0.25) is 0 Å². The Kier molecular flexibility index (Phi) is 9.10. The predicted molar refractivity (Wildman–Crippen MR) is 158 cm³/mol. The van der Waals surface area contributed by atoms with Crippen LogP contribution in [-0.2, 0) is 0 Å². The highest BCUT2D eigenvalue weighted by molar-refractivity contribution is 7.14. The van der Waals surface area contributed by atoms with E-state index in [1.165, 1.54) is 11.3 Å². The second-order valence-electron chi connectivity index (χ2n) is 10.2. The molecule has 0 spiro atoms. The maximum absolute atomic E-state index is 13.2. The summed E-state index contributed by atoms with van der Waals surface area (Å²) in [4.78, 5) is 43.8. The maximum atomic E-state index is 13.2. The lowest BCUT2D eigenvalue weighted by molar-refractivity contribution is 0.0954. The smallest absolute Gasteiger partial charge is 0.316 e. The lowest BCUT2D eigenvalue weighted by Crippen LogP contribution is -2.38. The standard InChI is InChI=1S/C29H37N7O3S/c1-3-12-30-26(37)23-18-21(36-15-5-7-20(36)4-2)8-9-24(23)33-27(38)25-19-40-29(34-25)35-16-10-22(11-17-35)39-28-31-13-6-14-32-28/h6,8-9,13-14,18-20,22H,3-5,7,10-12,15-17H2,1-2H3,(H,30,37)(H,33,38)/t20-/m0/s1. The van der Waals surface area contributed by atoms with Gasteiger partial charge in [-0.15, -0.1) is 11.3 Å². The Morgan fingerprint density at radius 1 is 1.07 bits per heavy atom. The molecule has 3 aromatic rings. The molecule has 0 bridgehead atoms. The minimum absolute atomic E-state index is 0.0507. The zero-order chi connectivity index (χ0) is 27.9. The van der Waals surface area contributed by atoms with Crippen LogP contribution >= 0.6 is 11.3 Å². The van der Waals surface area contributed by atoms with Gasteiger partial charge in [0.15, 0.2) is 5.13 Å². The van der Waals surface area contributed by atoms with Gasteiger partial charge in [0.2, 0.25) is 0 Å². The highest BCUT2D eigenvalue weighted by atomic mass is 32.1. The number of benzene rings is 1. The van der Waals surface area contributed by atoms with Gasteiger partial charge in [-0.1, -0.05) is 13.8 Å². The van der Waals surface area contributed by atoms with E-state index in [-0.39, 0.29) is 17.9 Å². The highest BCUT2D eigenvalue weighted by Gasteiger charge is 2.26. The van der Waals surface area contributed by atoms with Crippen molar-refractivity contribution in [3.05, 3.63) is 53.3 Å². The van der Waals surface area contributed by atoms with Crippen molar-refractivity contribution in [1.29, 1.82) is 0 Å². The number of hydrogen-bond donors (Lipinski definition) is 2. The molecule has 2 aliphatic rings. The van der Waals surface area contributed by atoms with E-state index < -0.39 is 0 Å². The van der Waals surface area contributed by atoms with Crippen LogP contribution in [0, 0.1) is 0 Å². The third-order valence-electron chi connectivity index (χ3n) is 7.46. The number of piperidine rings is 1. The van der Waals surface area contributed by atoms with Gasteiger partial charge >= 0.3 is 6.01 Å². The molecular weight excluding hydrogens is 526 g/mol. The van der Waals surface area contributed by atoms with Gasteiger partial charge in [0.05, 0.1) is 11.3 Å². The van der Waals surface area contributed by atoms with Crippen LogP contribution in [0.3, 0.4) is 0 Å². The number of carbonyl (C=O) groups excluding carboxylic acids is 2. The van der Waals surface area contributed by atoms with Gasteiger partial charge in [0.1, 0.15) is 11.8 Å².